The average molecular weight is 291 g/mol. The van der Waals surface area contributed by atoms with Gasteiger partial charge in [0, 0.05) is 19.0 Å². The molecule has 0 N–H and O–H groups in total. The highest BCUT2D eigenvalue weighted by Crippen LogP contribution is 2.20. The van der Waals surface area contributed by atoms with Crippen molar-refractivity contribution >= 4 is 5.91 Å². The standard InChI is InChI=1S/C18H29NO2/c1-6-21-17-10-8-7-9-16(17)11-12-18(20)19(15(4)5)13-14(2)3/h7-10,14-15H,6,11-13H2,1-5H3. The van der Waals surface area contributed by atoms with Crippen LogP contribution in [0.5, 0.6) is 5.75 Å². The van der Waals surface area contributed by atoms with Crippen LogP contribution in [0.4, 0.5) is 0 Å². The summed E-state index contributed by atoms with van der Waals surface area (Å²) in [7, 11) is 0. The fraction of sp³-hybridized carbons (Fsp3) is 0.611. The first-order valence-electron chi connectivity index (χ1n) is 7.95. The SMILES string of the molecule is CCOc1ccccc1CCC(=O)N(CC(C)C)C(C)C. The minimum atomic E-state index is 0.227. The van der Waals surface area contributed by atoms with E-state index in [1.54, 1.807) is 0 Å². The van der Waals surface area contributed by atoms with E-state index in [0.29, 0.717) is 18.9 Å². The number of benzene rings is 1. The van der Waals surface area contributed by atoms with Crippen LogP contribution in [0.15, 0.2) is 24.3 Å². The van der Waals surface area contributed by atoms with Crippen LogP contribution in [-0.4, -0.2) is 30.0 Å². The molecule has 0 fully saturated rings. The Hall–Kier alpha value is -1.51. The number of ether oxygens (including phenoxy) is 1. The molecule has 1 rings (SSSR count). The van der Waals surface area contributed by atoms with Gasteiger partial charge in [0.1, 0.15) is 5.75 Å². The second-order valence-electron chi connectivity index (χ2n) is 6.07. The summed E-state index contributed by atoms with van der Waals surface area (Å²) in [6.07, 6.45) is 1.27. The van der Waals surface area contributed by atoms with E-state index in [1.807, 2.05) is 36.1 Å². The molecular weight excluding hydrogens is 262 g/mol. The van der Waals surface area contributed by atoms with E-state index < -0.39 is 0 Å². The summed E-state index contributed by atoms with van der Waals surface area (Å²) in [5.74, 6) is 1.62. The minimum Gasteiger partial charge on any atom is -0.494 e. The Balaban J connectivity index is 2.66. The molecule has 3 nitrogen and oxygen atoms in total. The molecule has 0 heterocycles. The van der Waals surface area contributed by atoms with Gasteiger partial charge in [0.15, 0.2) is 0 Å². The van der Waals surface area contributed by atoms with Crippen molar-refractivity contribution in [3.05, 3.63) is 29.8 Å². The molecular formula is C18H29NO2. The van der Waals surface area contributed by atoms with Crippen LogP contribution in [-0.2, 0) is 11.2 Å². The molecule has 0 saturated carbocycles. The molecule has 0 spiro atoms. The molecule has 1 aromatic carbocycles. The molecule has 0 atom stereocenters. The topological polar surface area (TPSA) is 29.5 Å². The summed E-state index contributed by atoms with van der Waals surface area (Å²) in [5, 5.41) is 0. The van der Waals surface area contributed by atoms with Gasteiger partial charge in [-0.2, -0.15) is 0 Å². The molecule has 21 heavy (non-hydrogen) atoms. The van der Waals surface area contributed by atoms with Crippen molar-refractivity contribution in [2.75, 3.05) is 13.2 Å². The molecule has 1 aromatic rings. The maximum Gasteiger partial charge on any atom is 0.223 e. The summed E-state index contributed by atoms with van der Waals surface area (Å²) in [6.45, 7) is 11.9. The van der Waals surface area contributed by atoms with E-state index in [2.05, 4.69) is 27.7 Å². The van der Waals surface area contributed by atoms with Crippen LogP contribution in [0, 0.1) is 5.92 Å². The van der Waals surface area contributed by atoms with Crippen molar-refractivity contribution in [1.29, 1.82) is 0 Å². The first-order valence-corrected chi connectivity index (χ1v) is 7.95. The monoisotopic (exact) mass is 291 g/mol. The Morgan fingerprint density at radius 1 is 1.19 bits per heavy atom. The van der Waals surface area contributed by atoms with Gasteiger partial charge in [0.2, 0.25) is 5.91 Å². The lowest BCUT2D eigenvalue weighted by Crippen LogP contribution is -2.39. The molecule has 118 valence electrons. The lowest BCUT2D eigenvalue weighted by atomic mass is 10.1. The van der Waals surface area contributed by atoms with Gasteiger partial charge >= 0.3 is 0 Å². The molecule has 3 heteroatoms. The van der Waals surface area contributed by atoms with Gasteiger partial charge in [0.25, 0.3) is 0 Å². The van der Waals surface area contributed by atoms with Crippen molar-refractivity contribution < 1.29 is 9.53 Å². The maximum absolute atomic E-state index is 12.4. The van der Waals surface area contributed by atoms with Gasteiger partial charge in [0.05, 0.1) is 6.61 Å². The first kappa shape index (κ1) is 17.5. The van der Waals surface area contributed by atoms with Gasteiger partial charge < -0.3 is 9.64 Å². The number of hydrogen-bond donors (Lipinski definition) is 0. The van der Waals surface area contributed by atoms with Crippen molar-refractivity contribution in [2.24, 2.45) is 5.92 Å². The zero-order valence-corrected chi connectivity index (χ0v) is 14.1. The zero-order chi connectivity index (χ0) is 15.8. The van der Waals surface area contributed by atoms with Gasteiger partial charge in [-0.05, 0) is 44.7 Å². The van der Waals surface area contributed by atoms with E-state index in [0.717, 1.165) is 24.3 Å². The zero-order valence-electron chi connectivity index (χ0n) is 14.1. The highest BCUT2D eigenvalue weighted by molar-refractivity contribution is 5.76. The van der Waals surface area contributed by atoms with E-state index in [1.165, 1.54) is 0 Å². The Morgan fingerprint density at radius 3 is 2.43 bits per heavy atom. The molecule has 0 aliphatic rings. The molecule has 0 radical (unpaired) electrons. The van der Waals surface area contributed by atoms with E-state index in [-0.39, 0.29) is 11.9 Å². The molecule has 0 saturated heterocycles. The molecule has 0 aromatic heterocycles. The number of rotatable bonds is 8. The third-order valence-corrected chi connectivity index (χ3v) is 3.39. The number of nitrogens with zero attached hydrogens (tertiary/aromatic N) is 1. The number of carbonyl (C=O) groups excluding carboxylic acids is 1. The van der Waals surface area contributed by atoms with Crippen LogP contribution < -0.4 is 4.74 Å². The lowest BCUT2D eigenvalue weighted by Gasteiger charge is -2.28. The van der Waals surface area contributed by atoms with Crippen molar-refractivity contribution in [2.45, 2.75) is 53.5 Å². The summed E-state index contributed by atoms with van der Waals surface area (Å²) >= 11 is 0. The molecule has 1 amide bonds. The van der Waals surface area contributed by atoms with Gasteiger partial charge in [-0.3, -0.25) is 4.79 Å². The summed E-state index contributed by atoms with van der Waals surface area (Å²) < 4.78 is 5.62. The highest BCUT2D eigenvalue weighted by Gasteiger charge is 2.18. The van der Waals surface area contributed by atoms with Gasteiger partial charge in [-0.25, -0.2) is 0 Å². The number of para-hydroxylation sites is 1. The fourth-order valence-corrected chi connectivity index (χ4v) is 2.39. The van der Waals surface area contributed by atoms with E-state index in [9.17, 15) is 4.79 Å². The predicted molar refractivity (Wildman–Crippen MR) is 87.6 cm³/mol. The van der Waals surface area contributed by atoms with Crippen LogP contribution >= 0.6 is 0 Å². The Kier molecular flexibility index (Phi) is 7.27. The Morgan fingerprint density at radius 2 is 1.86 bits per heavy atom. The van der Waals surface area contributed by atoms with Crippen molar-refractivity contribution in [3.63, 3.8) is 0 Å². The Labute approximate surface area is 129 Å². The summed E-state index contributed by atoms with van der Waals surface area (Å²) in [4.78, 5) is 14.4. The number of carbonyl (C=O) groups is 1. The second kappa shape index (κ2) is 8.71. The minimum absolute atomic E-state index is 0.227. The number of hydrogen-bond acceptors (Lipinski definition) is 2. The van der Waals surface area contributed by atoms with Crippen molar-refractivity contribution in [3.8, 4) is 5.75 Å². The summed E-state index contributed by atoms with van der Waals surface area (Å²) in [5.41, 5.74) is 1.11. The molecule has 0 aliphatic heterocycles. The third kappa shape index (κ3) is 5.78. The van der Waals surface area contributed by atoms with Crippen LogP contribution in [0.1, 0.15) is 46.6 Å². The first-order chi connectivity index (χ1) is 9.95. The smallest absolute Gasteiger partial charge is 0.223 e. The second-order valence-corrected chi connectivity index (χ2v) is 6.07. The van der Waals surface area contributed by atoms with E-state index in [4.69, 9.17) is 4.74 Å². The third-order valence-electron chi connectivity index (χ3n) is 3.39. The normalized spacial score (nSPS) is 11.0. The van der Waals surface area contributed by atoms with Crippen molar-refractivity contribution in [1.82, 2.24) is 4.90 Å². The number of aryl methyl sites for hydroxylation is 1. The lowest BCUT2D eigenvalue weighted by molar-refractivity contribution is -0.133. The Bertz CT molecular complexity index is 441. The van der Waals surface area contributed by atoms with E-state index >= 15 is 0 Å². The fourth-order valence-electron chi connectivity index (χ4n) is 2.39. The van der Waals surface area contributed by atoms with Gasteiger partial charge in [-0.1, -0.05) is 32.0 Å². The van der Waals surface area contributed by atoms with Gasteiger partial charge in [-0.15, -0.1) is 0 Å². The van der Waals surface area contributed by atoms with Crippen LogP contribution in [0.2, 0.25) is 0 Å². The average Bonchev–Trinajstić information content (AvgIpc) is 2.43. The van der Waals surface area contributed by atoms with Crippen LogP contribution in [0.3, 0.4) is 0 Å². The largest absolute Gasteiger partial charge is 0.494 e. The highest BCUT2D eigenvalue weighted by atomic mass is 16.5. The molecule has 0 bridgehead atoms. The molecule has 0 aliphatic carbocycles. The van der Waals surface area contributed by atoms with Crippen LogP contribution in [0.25, 0.3) is 0 Å². The quantitative estimate of drug-likeness (QED) is 0.726. The maximum atomic E-state index is 12.4. The predicted octanol–water partition coefficient (Wildman–Crippen LogP) is 3.91. The summed E-state index contributed by atoms with van der Waals surface area (Å²) in [6, 6.07) is 8.23. The number of amides is 1. The molecule has 0 unspecified atom stereocenters.